The third kappa shape index (κ3) is 30.1. The molecule has 0 aromatic heterocycles. The SMILES string of the molecule is C=CCCCC.CC.[V]. The van der Waals surface area contributed by atoms with E-state index in [9.17, 15) is 0 Å². The molecule has 0 N–H and O–H groups in total. The molecule has 55 valence electrons. The summed E-state index contributed by atoms with van der Waals surface area (Å²) in [5.41, 5.74) is 0. The molecular weight excluding hydrogens is 147 g/mol. The van der Waals surface area contributed by atoms with Gasteiger partial charge in [0.05, 0.1) is 0 Å². The van der Waals surface area contributed by atoms with Crippen molar-refractivity contribution in [2.24, 2.45) is 0 Å². The maximum Gasteiger partial charge on any atom is 0 e. The van der Waals surface area contributed by atoms with Crippen molar-refractivity contribution in [3.63, 3.8) is 0 Å². The second-order valence-corrected chi connectivity index (χ2v) is 1.43. The molecule has 0 atom stereocenters. The van der Waals surface area contributed by atoms with E-state index in [0.717, 1.165) is 0 Å². The molecule has 1 radical (unpaired) electrons. The smallest absolute Gasteiger partial charge is 0 e. The maximum absolute atomic E-state index is 3.60. The molecule has 0 aliphatic heterocycles. The first-order valence-electron chi connectivity index (χ1n) is 3.52. The van der Waals surface area contributed by atoms with Gasteiger partial charge in [0, 0.05) is 18.6 Å². The van der Waals surface area contributed by atoms with Crippen LogP contribution in [0.1, 0.15) is 40.0 Å². The van der Waals surface area contributed by atoms with Gasteiger partial charge in [-0.3, -0.25) is 0 Å². The van der Waals surface area contributed by atoms with Gasteiger partial charge in [0.15, 0.2) is 0 Å². The number of allylic oxidation sites excluding steroid dienone is 1. The Balaban J connectivity index is -0.000000109. The molecule has 0 aliphatic rings. The summed E-state index contributed by atoms with van der Waals surface area (Å²) in [6, 6.07) is 0. The first-order chi connectivity index (χ1) is 3.91. The first-order valence-corrected chi connectivity index (χ1v) is 3.52. The fourth-order valence-electron chi connectivity index (χ4n) is 0.348. The quantitative estimate of drug-likeness (QED) is 0.444. The summed E-state index contributed by atoms with van der Waals surface area (Å²) < 4.78 is 0. The van der Waals surface area contributed by atoms with E-state index >= 15 is 0 Å². The van der Waals surface area contributed by atoms with Gasteiger partial charge >= 0.3 is 0 Å². The zero-order valence-corrected chi connectivity index (χ0v) is 8.25. The van der Waals surface area contributed by atoms with Crippen LogP contribution in [-0.2, 0) is 18.6 Å². The zero-order chi connectivity index (χ0) is 6.83. The van der Waals surface area contributed by atoms with Crippen LogP contribution in [-0.4, -0.2) is 0 Å². The predicted octanol–water partition coefficient (Wildman–Crippen LogP) is 3.39. The Bertz CT molecular complexity index is 33.5. The van der Waals surface area contributed by atoms with E-state index in [1.165, 1.54) is 19.3 Å². The summed E-state index contributed by atoms with van der Waals surface area (Å²) in [5.74, 6) is 0. The van der Waals surface area contributed by atoms with Crippen LogP contribution >= 0.6 is 0 Å². The van der Waals surface area contributed by atoms with Gasteiger partial charge in [0.2, 0.25) is 0 Å². The fourth-order valence-corrected chi connectivity index (χ4v) is 0.348. The van der Waals surface area contributed by atoms with E-state index in [0.29, 0.717) is 0 Å². The van der Waals surface area contributed by atoms with Gasteiger partial charge in [-0.15, -0.1) is 6.58 Å². The van der Waals surface area contributed by atoms with Crippen LogP contribution in [0.15, 0.2) is 12.7 Å². The van der Waals surface area contributed by atoms with Crippen LogP contribution in [0.5, 0.6) is 0 Å². The van der Waals surface area contributed by atoms with Crippen LogP contribution in [0.4, 0.5) is 0 Å². The molecule has 0 saturated heterocycles. The number of rotatable bonds is 3. The molecule has 9 heavy (non-hydrogen) atoms. The van der Waals surface area contributed by atoms with Gasteiger partial charge in [-0.25, -0.2) is 0 Å². The third-order valence-electron chi connectivity index (χ3n) is 0.762. The van der Waals surface area contributed by atoms with Crippen LogP contribution < -0.4 is 0 Å². The average Bonchev–Trinajstić information content (AvgIpc) is 1.88. The summed E-state index contributed by atoms with van der Waals surface area (Å²) in [4.78, 5) is 0. The van der Waals surface area contributed by atoms with E-state index in [4.69, 9.17) is 0 Å². The molecule has 0 heterocycles. The normalized spacial score (nSPS) is 6.11. The summed E-state index contributed by atoms with van der Waals surface area (Å²) in [6.45, 7) is 9.78. The summed E-state index contributed by atoms with van der Waals surface area (Å²) in [6.07, 6.45) is 5.72. The zero-order valence-electron chi connectivity index (χ0n) is 6.85. The minimum Gasteiger partial charge on any atom is -0.103 e. The molecule has 0 unspecified atom stereocenters. The molecular formula is C8H18V. The molecule has 0 aromatic carbocycles. The number of hydrogen-bond acceptors (Lipinski definition) is 0. The maximum atomic E-state index is 3.60. The van der Waals surface area contributed by atoms with E-state index in [1.54, 1.807) is 0 Å². The Morgan fingerprint density at radius 3 is 1.89 bits per heavy atom. The van der Waals surface area contributed by atoms with Gasteiger partial charge < -0.3 is 0 Å². The van der Waals surface area contributed by atoms with Crippen molar-refractivity contribution >= 4 is 0 Å². The van der Waals surface area contributed by atoms with Gasteiger partial charge in [0.25, 0.3) is 0 Å². The molecule has 0 spiro atoms. The van der Waals surface area contributed by atoms with Crippen molar-refractivity contribution in [2.45, 2.75) is 40.0 Å². The second kappa shape index (κ2) is 23.9. The van der Waals surface area contributed by atoms with Gasteiger partial charge in [-0.2, -0.15) is 0 Å². The van der Waals surface area contributed by atoms with Gasteiger partial charge in [0.1, 0.15) is 0 Å². The first kappa shape index (κ1) is 16.2. The molecule has 0 aliphatic carbocycles. The van der Waals surface area contributed by atoms with Crippen LogP contribution in [0, 0.1) is 0 Å². The van der Waals surface area contributed by atoms with Crippen LogP contribution in [0.2, 0.25) is 0 Å². The Morgan fingerprint density at radius 2 is 1.78 bits per heavy atom. The molecule has 0 nitrogen and oxygen atoms in total. The Morgan fingerprint density at radius 1 is 1.33 bits per heavy atom. The standard InChI is InChI=1S/C6H12.C2H6.V/c1-3-5-6-4-2;1-2;/h3H,1,4-6H2,2H3;1-2H3;. The fraction of sp³-hybridized carbons (Fsp3) is 0.750. The molecule has 0 fully saturated rings. The van der Waals surface area contributed by atoms with E-state index in [-0.39, 0.29) is 18.6 Å². The number of unbranched alkanes of at least 4 members (excludes halogenated alkanes) is 2. The van der Waals surface area contributed by atoms with E-state index < -0.39 is 0 Å². The molecule has 0 bridgehead atoms. The summed E-state index contributed by atoms with van der Waals surface area (Å²) in [7, 11) is 0. The average molecular weight is 165 g/mol. The van der Waals surface area contributed by atoms with Crippen molar-refractivity contribution in [1.29, 1.82) is 0 Å². The summed E-state index contributed by atoms with van der Waals surface area (Å²) in [5, 5.41) is 0. The molecule has 0 aromatic rings. The summed E-state index contributed by atoms with van der Waals surface area (Å²) >= 11 is 0. The van der Waals surface area contributed by atoms with E-state index in [2.05, 4.69) is 13.5 Å². The van der Waals surface area contributed by atoms with Gasteiger partial charge in [-0.05, 0) is 6.42 Å². The topological polar surface area (TPSA) is 0 Å². The Hall–Kier alpha value is 0.324. The largest absolute Gasteiger partial charge is 0.103 e. The minimum atomic E-state index is 0. The van der Waals surface area contributed by atoms with Crippen LogP contribution in [0.3, 0.4) is 0 Å². The molecule has 0 saturated carbocycles. The Labute approximate surface area is 71.6 Å². The van der Waals surface area contributed by atoms with Crippen LogP contribution in [0.25, 0.3) is 0 Å². The van der Waals surface area contributed by atoms with Gasteiger partial charge in [-0.1, -0.05) is 39.7 Å². The predicted molar refractivity (Wildman–Crippen MR) is 41.1 cm³/mol. The minimum absolute atomic E-state index is 0. The van der Waals surface area contributed by atoms with E-state index in [1.807, 2.05) is 19.9 Å². The third-order valence-corrected chi connectivity index (χ3v) is 0.762. The van der Waals surface area contributed by atoms with Crippen molar-refractivity contribution in [2.75, 3.05) is 0 Å². The number of hydrogen-bond donors (Lipinski definition) is 0. The van der Waals surface area contributed by atoms with Crippen molar-refractivity contribution in [3.05, 3.63) is 12.7 Å². The van der Waals surface area contributed by atoms with Crippen molar-refractivity contribution in [3.8, 4) is 0 Å². The second-order valence-electron chi connectivity index (χ2n) is 1.43. The molecule has 0 rings (SSSR count). The van der Waals surface area contributed by atoms with Crippen molar-refractivity contribution < 1.29 is 18.6 Å². The Kier molecular flexibility index (Phi) is 42.9. The van der Waals surface area contributed by atoms with Crippen molar-refractivity contribution in [1.82, 2.24) is 0 Å². The monoisotopic (exact) mass is 165 g/mol. The molecule has 1 heteroatoms. The molecule has 0 amide bonds.